The summed E-state index contributed by atoms with van der Waals surface area (Å²) in [4.78, 5) is 13.2. The number of rotatable bonds is 12. The van der Waals surface area contributed by atoms with Gasteiger partial charge in [0.25, 0.3) is 0 Å². The third-order valence-corrected chi connectivity index (χ3v) is 8.86. The van der Waals surface area contributed by atoms with Crippen LogP contribution in [0.2, 0.25) is 0 Å². The lowest BCUT2D eigenvalue weighted by molar-refractivity contribution is -0.353. The van der Waals surface area contributed by atoms with Crippen LogP contribution in [0.3, 0.4) is 0 Å². The molecule has 14 atom stereocenters. The van der Waals surface area contributed by atoms with Gasteiger partial charge in [0.1, 0.15) is 60.7 Å². The lowest BCUT2D eigenvalue weighted by atomic mass is 9.97. The summed E-state index contributed by atoms with van der Waals surface area (Å²) in [6, 6.07) is 10.1. The van der Waals surface area contributed by atoms with Gasteiger partial charge in [0.2, 0.25) is 0 Å². The maximum absolute atomic E-state index is 13.2. The summed E-state index contributed by atoms with van der Waals surface area (Å²) >= 11 is 0. The average molecular weight is 729 g/mol. The van der Waals surface area contributed by atoms with Crippen LogP contribution in [0, 0.1) is 0 Å². The number of carbonyl (C=O) groups excluding carboxylic acids is 1. The Kier molecular flexibility index (Phi) is 13.1. The predicted molar refractivity (Wildman–Crippen MR) is 167 cm³/mol. The van der Waals surface area contributed by atoms with Crippen LogP contribution < -0.4 is 4.74 Å². The molecule has 18 nitrogen and oxygen atoms in total. The van der Waals surface area contributed by atoms with Crippen LogP contribution in [0.4, 0.5) is 0 Å². The number of phenols is 2. The molecular weight excluding hydrogens is 684 g/mol. The van der Waals surface area contributed by atoms with Gasteiger partial charge in [-0.15, -0.1) is 0 Å². The average Bonchev–Trinajstić information content (AvgIpc) is 3.11. The van der Waals surface area contributed by atoms with Gasteiger partial charge < -0.3 is 83.9 Å². The van der Waals surface area contributed by atoms with Crippen LogP contribution in [-0.2, 0) is 39.6 Å². The van der Waals surface area contributed by atoms with E-state index < -0.39 is 105 Å². The summed E-state index contributed by atoms with van der Waals surface area (Å²) in [5, 5.41) is 93.3. The van der Waals surface area contributed by atoms with Gasteiger partial charge in [-0.05, 0) is 49.2 Å². The highest BCUT2D eigenvalue weighted by molar-refractivity contribution is 5.90. The normalized spacial score (nSPS) is 37.1. The van der Waals surface area contributed by atoms with E-state index in [1.807, 2.05) is 0 Å². The van der Waals surface area contributed by atoms with E-state index in [1.165, 1.54) is 38.3 Å². The zero-order valence-electron chi connectivity index (χ0n) is 27.7. The van der Waals surface area contributed by atoms with Gasteiger partial charge in [0, 0.05) is 0 Å². The molecule has 3 saturated heterocycles. The van der Waals surface area contributed by atoms with Crippen molar-refractivity contribution in [1.29, 1.82) is 0 Å². The standard InChI is InChI=1S/C33H44O18/c1-14-28(50-30(43)16-5-8-20(44-2)18(35)11-16)29(51-32-25(40)22(37)19(36)12-46-32)27(42)33(48-14)47-13-21-23(38)24(39)26(41)31(49-21)45-10-9-15-3-6-17(34)7-4-15/h3-8,11,14,19,21-29,31-42H,9-10,12-13H2,1-2H3/t14-,19+,21-,22-,23-,24-,25-,26+,27-,28-,29+,31+,32+,33+/m1/s1. The fraction of sp³-hybridized carbons (Fsp3) is 0.606. The fourth-order valence-corrected chi connectivity index (χ4v) is 5.84. The summed E-state index contributed by atoms with van der Waals surface area (Å²) < 4.78 is 44.8. The molecule has 3 heterocycles. The lowest BCUT2D eigenvalue weighted by Gasteiger charge is -2.46. The van der Waals surface area contributed by atoms with Gasteiger partial charge in [-0.2, -0.15) is 0 Å². The van der Waals surface area contributed by atoms with Crippen molar-refractivity contribution < 1.29 is 88.6 Å². The zero-order chi connectivity index (χ0) is 37.0. The highest BCUT2D eigenvalue weighted by Crippen LogP contribution is 2.33. The Hall–Kier alpha value is -3.21. The molecule has 0 unspecified atom stereocenters. The molecule has 9 N–H and O–H groups in total. The Balaban J connectivity index is 1.27. The summed E-state index contributed by atoms with van der Waals surface area (Å²) in [5.41, 5.74) is 0.722. The Bertz CT molecular complexity index is 1430. The molecule has 2 aromatic rings. The second-order valence-corrected chi connectivity index (χ2v) is 12.4. The Morgan fingerprint density at radius 1 is 0.784 bits per heavy atom. The van der Waals surface area contributed by atoms with Crippen molar-refractivity contribution in [2.24, 2.45) is 0 Å². The number of aliphatic hydroxyl groups is 7. The second kappa shape index (κ2) is 17.1. The number of esters is 1. The lowest BCUT2D eigenvalue weighted by Crippen LogP contribution is -2.64. The summed E-state index contributed by atoms with van der Waals surface area (Å²) in [6.07, 6.45) is -21.2. The summed E-state index contributed by atoms with van der Waals surface area (Å²) in [7, 11) is 1.33. The topological polar surface area (TPSA) is 273 Å². The molecule has 0 saturated carbocycles. The number of phenolic OH excluding ortho intramolecular Hbond substituents is 2. The minimum atomic E-state index is -1.79. The molecule has 3 aliphatic rings. The molecular formula is C33H44O18. The first-order chi connectivity index (χ1) is 24.3. The SMILES string of the molecule is COc1ccc(C(=O)O[C@H]2[C@@H](O[C@@H]3OC[C@H](O)[C@@H](O)[C@H]3O)[C@@H](O)[C@@H](OC[C@H]3O[C@H](OCCc4ccc(O)cc4)[C@@H](O)[C@H](O)[C@@H]3O)O[C@@H]2C)cc1O. The van der Waals surface area contributed by atoms with Crippen molar-refractivity contribution in [3.63, 3.8) is 0 Å². The summed E-state index contributed by atoms with van der Waals surface area (Å²) in [6.45, 7) is 0.549. The quantitative estimate of drug-likeness (QED) is 0.103. The molecule has 0 aliphatic carbocycles. The van der Waals surface area contributed by atoms with Crippen molar-refractivity contribution in [3.05, 3.63) is 53.6 Å². The molecule has 51 heavy (non-hydrogen) atoms. The second-order valence-electron chi connectivity index (χ2n) is 12.4. The molecule has 0 bridgehead atoms. The number of hydrogen-bond acceptors (Lipinski definition) is 18. The van der Waals surface area contributed by atoms with Gasteiger partial charge in [-0.25, -0.2) is 4.79 Å². The third kappa shape index (κ3) is 9.06. The highest BCUT2D eigenvalue weighted by Gasteiger charge is 2.51. The Morgan fingerprint density at radius 2 is 1.47 bits per heavy atom. The van der Waals surface area contributed by atoms with E-state index in [-0.39, 0.29) is 29.4 Å². The predicted octanol–water partition coefficient (Wildman–Crippen LogP) is -2.35. The molecule has 0 amide bonds. The number of benzene rings is 2. The van der Waals surface area contributed by atoms with Crippen LogP contribution in [0.5, 0.6) is 17.2 Å². The third-order valence-electron chi connectivity index (χ3n) is 8.86. The zero-order valence-corrected chi connectivity index (χ0v) is 27.7. The van der Waals surface area contributed by atoms with Crippen LogP contribution in [-0.4, -0.2) is 165 Å². The van der Waals surface area contributed by atoms with E-state index in [1.54, 1.807) is 12.1 Å². The first-order valence-corrected chi connectivity index (χ1v) is 16.2. The monoisotopic (exact) mass is 728 g/mol. The fourth-order valence-electron chi connectivity index (χ4n) is 5.84. The first-order valence-electron chi connectivity index (χ1n) is 16.2. The van der Waals surface area contributed by atoms with Gasteiger partial charge in [0.05, 0.1) is 38.6 Å². The number of carbonyl (C=O) groups is 1. The molecule has 0 spiro atoms. The van der Waals surface area contributed by atoms with E-state index in [0.717, 1.165) is 11.6 Å². The van der Waals surface area contributed by atoms with Crippen molar-refractivity contribution >= 4 is 5.97 Å². The molecule has 18 heteroatoms. The maximum atomic E-state index is 13.2. The molecule has 284 valence electrons. The van der Waals surface area contributed by atoms with Gasteiger partial charge >= 0.3 is 5.97 Å². The molecule has 5 rings (SSSR count). The number of hydrogen-bond donors (Lipinski definition) is 9. The minimum absolute atomic E-state index is 0.0426. The van der Waals surface area contributed by atoms with Crippen LogP contribution in [0.15, 0.2) is 42.5 Å². The molecule has 3 aliphatic heterocycles. The largest absolute Gasteiger partial charge is 0.508 e. The van der Waals surface area contributed by atoms with E-state index in [2.05, 4.69) is 0 Å². The Morgan fingerprint density at radius 3 is 2.16 bits per heavy atom. The van der Waals surface area contributed by atoms with E-state index >= 15 is 0 Å². The van der Waals surface area contributed by atoms with Gasteiger partial charge in [-0.3, -0.25) is 0 Å². The van der Waals surface area contributed by atoms with E-state index in [4.69, 9.17) is 37.9 Å². The number of methoxy groups -OCH3 is 1. The molecule has 0 radical (unpaired) electrons. The number of aromatic hydroxyl groups is 2. The van der Waals surface area contributed by atoms with Crippen molar-refractivity contribution in [1.82, 2.24) is 0 Å². The van der Waals surface area contributed by atoms with Crippen molar-refractivity contribution in [2.75, 3.05) is 26.9 Å². The Labute approximate surface area is 291 Å². The van der Waals surface area contributed by atoms with Gasteiger partial charge in [0.15, 0.2) is 36.5 Å². The number of aliphatic hydroxyl groups excluding tert-OH is 7. The van der Waals surface area contributed by atoms with Crippen LogP contribution in [0.1, 0.15) is 22.8 Å². The van der Waals surface area contributed by atoms with E-state index in [9.17, 15) is 50.8 Å². The molecule has 2 aromatic carbocycles. The number of ether oxygens (including phenoxy) is 8. The minimum Gasteiger partial charge on any atom is -0.508 e. The van der Waals surface area contributed by atoms with Crippen LogP contribution in [0.25, 0.3) is 0 Å². The van der Waals surface area contributed by atoms with Crippen molar-refractivity contribution in [2.45, 2.75) is 99.4 Å². The molecule has 3 fully saturated rings. The molecule has 0 aromatic heterocycles. The summed E-state index contributed by atoms with van der Waals surface area (Å²) in [5.74, 6) is -1.11. The van der Waals surface area contributed by atoms with E-state index in [0.29, 0.717) is 6.42 Å². The van der Waals surface area contributed by atoms with Crippen molar-refractivity contribution in [3.8, 4) is 17.2 Å². The van der Waals surface area contributed by atoms with Gasteiger partial charge in [-0.1, -0.05) is 12.1 Å². The smallest absolute Gasteiger partial charge is 0.338 e. The first kappa shape index (κ1) is 39.0. The maximum Gasteiger partial charge on any atom is 0.338 e. The van der Waals surface area contributed by atoms with Crippen LogP contribution >= 0.6 is 0 Å². The highest BCUT2D eigenvalue weighted by atomic mass is 16.7.